The van der Waals surface area contributed by atoms with Crippen molar-refractivity contribution in [3.8, 4) is 5.75 Å². The van der Waals surface area contributed by atoms with Gasteiger partial charge in [-0.15, -0.1) is 0 Å². The number of nitrogens with zero attached hydrogens (tertiary/aromatic N) is 2. The molecule has 0 unspecified atom stereocenters. The van der Waals surface area contributed by atoms with Gasteiger partial charge in [-0.25, -0.2) is 4.68 Å². The van der Waals surface area contributed by atoms with E-state index < -0.39 is 12.5 Å². The second kappa shape index (κ2) is 8.91. The average Bonchev–Trinajstić information content (AvgIpc) is 2.59. The number of carbonyl (C=O) groups excluding carboxylic acids is 1. The van der Waals surface area contributed by atoms with Gasteiger partial charge in [0.2, 0.25) is 0 Å². The fraction of sp³-hybridized carbons (Fsp3) is 0.353. The Hall–Kier alpha value is -2.77. The number of para-hydroxylation sites is 1. The Morgan fingerprint density at radius 1 is 1.28 bits per heavy atom. The maximum absolute atomic E-state index is 12.4. The molecule has 0 aliphatic rings. The van der Waals surface area contributed by atoms with Gasteiger partial charge in [0.05, 0.1) is 0 Å². The molecule has 1 N–H and O–H groups in total. The lowest BCUT2D eigenvalue weighted by molar-refractivity contribution is -0.0504. The van der Waals surface area contributed by atoms with E-state index in [4.69, 9.17) is 0 Å². The lowest BCUT2D eigenvalue weighted by atomic mass is 10.2. The van der Waals surface area contributed by atoms with Crippen molar-refractivity contribution in [2.45, 2.75) is 39.5 Å². The number of alkyl halides is 2. The highest BCUT2D eigenvalue weighted by Gasteiger charge is 2.12. The minimum absolute atomic E-state index is 0.00123. The summed E-state index contributed by atoms with van der Waals surface area (Å²) in [5.41, 5.74) is 0.221. The van der Waals surface area contributed by atoms with Crippen LogP contribution in [0, 0.1) is 0 Å². The SMILES string of the molecule is CCCCn1nc(C(=O)NCc2ccccc2OC(F)F)ccc1=O. The molecule has 1 heterocycles. The Balaban J connectivity index is 2.07. The van der Waals surface area contributed by atoms with Crippen molar-refractivity contribution in [1.29, 1.82) is 0 Å². The number of rotatable bonds is 8. The highest BCUT2D eigenvalue weighted by atomic mass is 19.3. The third kappa shape index (κ3) is 5.37. The molecule has 0 radical (unpaired) electrons. The summed E-state index contributed by atoms with van der Waals surface area (Å²) in [6, 6.07) is 8.81. The molecule has 0 spiro atoms. The number of carbonyl (C=O) groups is 1. The zero-order valence-corrected chi connectivity index (χ0v) is 13.7. The monoisotopic (exact) mass is 351 g/mol. The summed E-state index contributed by atoms with van der Waals surface area (Å²) in [6.45, 7) is -0.528. The first-order valence-corrected chi connectivity index (χ1v) is 7.90. The Labute approximate surface area is 143 Å². The van der Waals surface area contributed by atoms with E-state index in [-0.39, 0.29) is 23.5 Å². The maximum Gasteiger partial charge on any atom is 0.387 e. The normalized spacial score (nSPS) is 10.7. The highest BCUT2D eigenvalue weighted by molar-refractivity contribution is 5.91. The minimum Gasteiger partial charge on any atom is -0.434 e. The molecule has 0 saturated heterocycles. The van der Waals surface area contributed by atoms with E-state index >= 15 is 0 Å². The smallest absolute Gasteiger partial charge is 0.387 e. The average molecular weight is 351 g/mol. The molecule has 0 bridgehead atoms. The molecule has 1 aromatic carbocycles. The van der Waals surface area contributed by atoms with Crippen molar-refractivity contribution in [3.05, 3.63) is 58.0 Å². The molecule has 2 aromatic rings. The van der Waals surface area contributed by atoms with E-state index in [0.717, 1.165) is 12.8 Å². The van der Waals surface area contributed by atoms with Gasteiger partial charge >= 0.3 is 6.61 Å². The fourth-order valence-corrected chi connectivity index (χ4v) is 2.16. The number of nitrogens with one attached hydrogen (secondary N) is 1. The first kappa shape index (κ1) is 18.6. The number of hydrogen-bond acceptors (Lipinski definition) is 4. The number of unbranched alkanes of at least 4 members (excludes halogenated alkanes) is 1. The first-order chi connectivity index (χ1) is 12.0. The molecule has 0 fully saturated rings. The quantitative estimate of drug-likeness (QED) is 0.793. The van der Waals surface area contributed by atoms with Crippen LogP contribution in [0.25, 0.3) is 0 Å². The molecule has 1 aromatic heterocycles. The van der Waals surface area contributed by atoms with Crippen LogP contribution in [0.1, 0.15) is 35.8 Å². The molecule has 0 aliphatic heterocycles. The Kier molecular flexibility index (Phi) is 6.62. The van der Waals surface area contributed by atoms with Crippen LogP contribution in [0.15, 0.2) is 41.2 Å². The molecule has 0 saturated carbocycles. The first-order valence-electron chi connectivity index (χ1n) is 7.90. The van der Waals surface area contributed by atoms with Crippen LogP contribution in [0.5, 0.6) is 5.75 Å². The molecule has 2 rings (SSSR count). The summed E-state index contributed by atoms with van der Waals surface area (Å²) in [7, 11) is 0. The number of ether oxygens (including phenoxy) is 1. The minimum atomic E-state index is -2.94. The topological polar surface area (TPSA) is 73.2 Å². The number of halogens is 2. The Bertz CT molecular complexity index is 778. The van der Waals surface area contributed by atoms with Gasteiger partial charge in [0, 0.05) is 24.7 Å². The van der Waals surface area contributed by atoms with Crippen LogP contribution in [0.4, 0.5) is 8.78 Å². The van der Waals surface area contributed by atoms with Crippen molar-refractivity contribution in [2.24, 2.45) is 0 Å². The third-order valence-corrected chi connectivity index (χ3v) is 3.45. The van der Waals surface area contributed by atoms with Crippen molar-refractivity contribution in [3.63, 3.8) is 0 Å². The zero-order chi connectivity index (χ0) is 18.2. The third-order valence-electron chi connectivity index (χ3n) is 3.45. The number of benzene rings is 1. The van der Waals surface area contributed by atoms with E-state index in [1.807, 2.05) is 6.92 Å². The van der Waals surface area contributed by atoms with Gasteiger partial charge in [-0.1, -0.05) is 31.5 Å². The van der Waals surface area contributed by atoms with Gasteiger partial charge in [-0.3, -0.25) is 9.59 Å². The van der Waals surface area contributed by atoms with Crippen LogP contribution in [-0.4, -0.2) is 22.3 Å². The summed E-state index contributed by atoms with van der Waals surface area (Å²) in [6.07, 6.45) is 1.67. The molecule has 6 nitrogen and oxygen atoms in total. The number of aryl methyl sites for hydroxylation is 1. The van der Waals surface area contributed by atoms with Gasteiger partial charge in [0.1, 0.15) is 11.4 Å². The summed E-state index contributed by atoms with van der Waals surface area (Å²) in [4.78, 5) is 23.9. The van der Waals surface area contributed by atoms with E-state index in [9.17, 15) is 18.4 Å². The molecule has 1 amide bonds. The van der Waals surface area contributed by atoms with E-state index in [1.54, 1.807) is 18.2 Å². The van der Waals surface area contributed by atoms with Gasteiger partial charge in [-0.05, 0) is 18.6 Å². The van der Waals surface area contributed by atoms with E-state index in [0.29, 0.717) is 12.1 Å². The molecule has 0 aliphatic carbocycles. The lowest BCUT2D eigenvalue weighted by Crippen LogP contribution is -2.29. The summed E-state index contributed by atoms with van der Waals surface area (Å²) in [5, 5.41) is 6.62. The Morgan fingerprint density at radius 2 is 2.04 bits per heavy atom. The molecule has 8 heteroatoms. The number of amides is 1. The van der Waals surface area contributed by atoms with Gasteiger partial charge in [0.25, 0.3) is 11.5 Å². The summed E-state index contributed by atoms with van der Waals surface area (Å²) >= 11 is 0. The van der Waals surface area contributed by atoms with Crippen LogP contribution in [0.3, 0.4) is 0 Å². The van der Waals surface area contributed by atoms with Crippen molar-refractivity contribution in [1.82, 2.24) is 15.1 Å². The van der Waals surface area contributed by atoms with Crippen LogP contribution >= 0.6 is 0 Å². The van der Waals surface area contributed by atoms with Gasteiger partial charge in [0.15, 0.2) is 0 Å². The molecule has 134 valence electrons. The fourth-order valence-electron chi connectivity index (χ4n) is 2.16. The van der Waals surface area contributed by atoms with Crippen molar-refractivity contribution < 1.29 is 18.3 Å². The molecule has 0 atom stereocenters. The van der Waals surface area contributed by atoms with Gasteiger partial charge < -0.3 is 10.1 Å². The molecule has 25 heavy (non-hydrogen) atoms. The molecular weight excluding hydrogens is 332 g/mol. The second-order valence-corrected chi connectivity index (χ2v) is 5.30. The number of hydrogen-bond donors (Lipinski definition) is 1. The van der Waals surface area contributed by atoms with E-state index in [1.165, 1.54) is 22.9 Å². The summed E-state index contributed by atoms with van der Waals surface area (Å²) in [5.74, 6) is -0.504. The predicted molar refractivity (Wildman–Crippen MR) is 87.6 cm³/mol. The van der Waals surface area contributed by atoms with Crippen LogP contribution in [-0.2, 0) is 13.1 Å². The standard InChI is InChI=1S/C17H19F2N3O3/c1-2-3-10-22-15(23)9-8-13(21-22)16(24)20-11-12-6-4-5-7-14(12)25-17(18)19/h4-9,17H,2-3,10-11H2,1H3,(H,20,24). The van der Waals surface area contributed by atoms with Crippen LogP contribution in [0.2, 0.25) is 0 Å². The predicted octanol–water partition coefficient (Wildman–Crippen LogP) is 2.57. The van der Waals surface area contributed by atoms with E-state index in [2.05, 4.69) is 15.2 Å². The summed E-state index contributed by atoms with van der Waals surface area (Å²) < 4.78 is 30.5. The largest absolute Gasteiger partial charge is 0.434 e. The highest BCUT2D eigenvalue weighted by Crippen LogP contribution is 2.20. The number of aromatic nitrogens is 2. The van der Waals surface area contributed by atoms with Crippen molar-refractivity contribution >= 4 is 5.91 Å². The lowest BCUT2D eigenvalue weighted by Gasteiger charge is -2.11. The Morgan fingerprint density at radius 3 is 2.76 bits per heavy atom. The molecular formula is C17H19F2N3O3. The second-order valence-electron chi connectivity index (χ2n) is 5.30. The van der Waals surface area contributed by atoms with Crippen molar-refractivity contribution in [2.75, 3.05) is 0 Å². The van der Waals surface area contributed by atoms with Crippen LogP contribution < -0.4 is 15.6 Å². The zero-order valence-electron chi connectivity index (χ0n) is 13.7. The maximum atomic E-state index is 12.4. The van der Waals surface area contributed by atoms with Gasteiger partial charge in [-0.2, -0.15) is 13.9 Å².